The van der Waals surface area contributed by atoms with E-state index in [0.717, 1.165) is 24.8 Å². The Morgan fingerprint density at radius 3 is 2.36 bits per heavy atom. The fourth-order valence-corrected chi connectivity index (χ4v) is 2.75. The van der Waals surface area contributed by atoms with Crippen molar-refractivity contribution in [2.45, 2.75) is 39.5 Å². The summed E-state index contributed by atoms with van der Waals surface area (Å²) in [5, 5.41) is 0. The molecule has 1 aromatic carbocycles. The molecular weight excluding hydrogens is 274 g/mol. The zero-order valence-electron chi connectivity index (χ0n) is 14.4. The maximum Gasteiger partial charge on any atom is 0.119 e. The molecule has 1 fully saturated rings. The third kappa shape index (κ3) is 5.98. The van der Waals surface area contributed by atoms with Crippen molar-refractivity contribution >= 4 is 0 Å². The molecule has 3 heteroatoms. The normalized spacial score (nSPS) is 17.1. The quantitative estimate of drug-likeness (QED) is 0.679. The van der Waals surface area contributed by atoms with Gasteiger partial charge in [-0.3, -0.25) is 0 Å². The van der Waals surface area contributed by atoms with Crippen molar-refractivity contribution in [3.8, 4) is 5.75 Å². The van der Waals surface area contributed by atoms with Crippen LogP contribution in [-0.4, -0.2) is 44.4 Å². The lowest BCUT2D eigenvalue weighted by Gasteiger charge is -2.29. The Morgan fingerprint density at radius 1 is 1.05 bits per heavy atom. The number of nitrogens with zero attached hydrogens (tertiary/aromatic N) is 1. The van der Waals surface area contributed by atoms with Crippen LogP contribution in [-0.2, 0) is 4.74 Å². The summed E-state index contributed by atoms with van der Waals surface area (Å²) < 4.78 is 11.4. The van der Waals surface area contributed by atoms with E-state index in [1.807, 2.05) is 12.1 Å². The van der Waals surface area contributed by atoms with E-state index in [1.165, 1.54) is 31.5 Å². The van der Waals surface area contributed by atoms with Gasteiger partial charge in [-0.25, -0.2) is 0 Å². The average Bonchev–Trinajstić information content (AvgIpc) is 2.53. The highest BCUT2D eigenvalue weighted by molar-refractivity contribution is 5.28. The fraction of sp³-hybridized carbons (Fsp3) is 0.684. The topological polar surface area (TPSA) is 21.7 Å². The van der Waals surface area contributed by atoms with Gasteiger partial charge >= 0.3 is 0 Å². The number of hydrogen-bond acceptors (Lipinski definition) is 3. The predicted octanol–water partition coefficient (Wildman–Crippen LogP) is 3.94. The van der Waals surface area contributed by atoms with Crippen molar-refractivity contribution in [1.29, 1.82) is 0 Å². The number of ether oxygens (including phenoxy) is 2. The third-order valence-corrected chi connectivity index (χ3v) is 4.47. The molecule has 0 spiro atoms. The van der Waals surface area contributed by atoms with E-state index in [9.17, 15) is 0 Å². The molecule has 0 aliphatic carbocycles. The first-order chi connectivity index (χ1) is 10.6. The molecule has 1 aliphatic rings. The van der Waals surface area contributed by atoms with Crippen LogP contribution < -0.4 is 4.74 Å². The second-order valence-corrected chi connectivity index (χ2v) is 6.71. The highest BCUT2D eigenvalue weighted by atomic mass is 16.5. The van der Waals surface area contributed by atoms with Gasteiger partial charge in [-0.15, -0.1) is 0 Å². The van der Waals surface area contributed by atoms with Gasteiger partial charge in [0, 0.05) is 6.54 Å². The maximum atomic E-state index is 5.71. The van der Waals surface area contributed by atoms with Gasteiger partial charge in [0.25, 0.3) is 0 Å². The van der Waals surface area contributed by atoms with Crippen LogP contribution in [0.4, 0.5) is 0 Å². The minimum atomic E-state index is 0.565. The predicted molar refractivity (Wildman–Crippen MR) is 91.7 cm³/mol. The molecule has 22 heavy (non-hydrogen) atoms. The third-order valence-electron chi connectivity index (χ3n) is 4.47. The molecule has 0 amide bonds. The van der Waals surface area contributed by atoms with Gasteiger partial charge < -0.3 is 14.4 Å². The molecule has 0 aromatic heterocycles. The van der Waals surface area contributed by atoms with Crippen LogP contribution >= 0.6 is 0 Å². The van der Waals surface area contributed by atoms with Gasteiger partial charge in [0.1, 0.15) is 12.4 Å². The van der Waals surface area contributed by atoms with Crippen LogP contribution in [0.5, 0.6) is 5.75 Å². The van der Waals surface area contributed by atoms with Gasteiger partial charge in [0.15, 0.2) is 0 Å². The minimum Gasteiger partial charge on any atom is -0.491 e. The molecule has 124 valence electrons. The van der Waals surface area contributed by atoms with Gasteiger partial charge in [-0.05, 0) is 55.5 Å². The standard InChI is InChI=1S/C19H31NO2/c1-16(2)18-4-6-19(7-5-18)22-15-14-21-13-12-20-10-8-17(3)9-11-20/h4-7,16-17H,8-15H2,1-3H3. The zero-order chi connectivity index (χ0) is 15.8. The Balaban J connectivity index is 1.52. The Bertz CT molecular complexity index is 408. The smallest absolute Gasteiger partial charge is 0.119 e. The lowest BCUT2D eigenvalue weighted by molar-refractivity contribution is 0.0709. The first-order valence-corrected chi connectivity index (χ1v) is 8.68. The van der Waals surface area contributed by atoms with E-state index in [-0.39, 0.29) is 0 Å². The lowest BCUT2D eigenvalue weighted by atomic mass is 9.99. The Labute approximate surface area is 135 Å². The molecule has 3 nitrogen and oxygen atoms in total. The number of benzene rings is 1. The molecule has 1 saturated heterocycles. The molecule has 0 N–H and O–H groups in total. The summed E-state index contributed by atoms with van der Waals surface area (Å²) in [5.41, 5.74) is 1.35. The summed E-state index contributed by atoms with van der Waals surface area (Å²) in [5.74, 6) is 2.39. The van der Waals surface area contributed by atoms with Gasteiger partial charge in [-0.1, -0.05) is 32.9 Å². The Morgan fingerprint density at radius 2 is 1.73 bits per heavy atom. The van der Waals surface area contributed by atoms with E-state index in [1.54, 1.807) is 0 Å². The first-order valence-electron chi connectivity index (χ1n) is 8.68. The molecule has 0 atom stereocenters. The van der Waals surface area contributed by atoms with Crippen LogP contribution in [0.3, 0.4) is 0 Å². The van der Waals surface area contributed by atoms with E-state index in [2.05, 4.69) is 37.8 Å². The van der Waals surface area contributed by atoms with E-state index in [0.29, 0.717) is 19.1 Å². The SMILES string of the molecule is CC1CCN(CCOCCOc2ccc(C(C)C)cc2)CC1. The van der Waals surface area contributed by atoms with Crippen molar-refractivity contribution in [2.24, 2.45) is 5.92 Å². The molecule has 2 rings (SSSR count). The molecular formula is C19H31NO2. The largest absolute Gasteiger partial charge is 0.491 e. The Hall–Kier alpha value is -1.06. The van der Waals surface area contributed by atoms with Crippen molar-refractivity contribution in [3.05, 3.63) is 29.8 Å². The molecule has 1 heterocycles. The molecule has 0 unspecified atom stereocenters. The van der Waals surface area contributed by atoms with Gasteiger partial charge in [-0.2, -0.15) is 0 Å². The van der Waals surface area contributed by atoms with Gasteiger partial charge in [0.05, 0.1) is 13.2 Å². The summed E-state index contributed by atoms with van der Waals surface area (Å²) in [4.78, 5) is 2.51. The van der Waals surface area contributed by atoms with E-state index < -0.39 is 0 Å². The minimum absolute atomic E-state index is 0.565. The number of likely N-dealkylation sites (tertiary alicyclic amines) is 1. The summed E-state index contributed by atoms with van der Waals surface area (Å²) >= 11 is 0. The maximum absolute atomic E-state index is 5.71. The van der Waals surface area contributed by atoms with Crippen LogP contribution in [0.25, 0.3) is 0 Å². The molecule has 1 aromatic rings. The van der Waals surface area contributed by atoms with E-state index in [4.69, 9.17) is 9.47 Å². The van der Waals surface area contributed by atoms with Crippen molar-refractivity contribution in [1.82, 2.24) is 4.90 Å². The fourth-order valence-electron chi connectivity index (χ4n) is 2.75. The molecule has 0 radical (unpaired) electrons. The summed E-state index contributed by atoms with van der Waals surface area (Å²) in [6.45, 7) is 12.3. The number of hydrogen-bond donors (Lipinski definition) is 0. The first kappa shape index (κ1) is 17.3. The van der Waals surface area contributed by atoms with Crippen molar-refractivity contribution < 1.29 is 9.47 Å². The summed E-state index contributed by atoms with van der Waals surface area (Å²) in [7, 11) is 0. The van der Waals surface area contributed by atoms with Crippen LogP contribution in [0.2, 0.25) is 0 Å². The Kier molecular flexibility index (Phi) is 7.20. The van der Waals surface area contributed by atoms with Crippen molar-refractivity contribution in [2.75, 3.05) is 39.5 Å². The van der Waals surface area contributed by atoms with E-state index >= 15 is 0 Å². The molecule has 0 bridgehead atoms. The molecule has 1 aliphatic heterocycles. The lowest BCUT2D eigenvalue weighted by Crippen LogP contribution is -2.35. The summed E-state index contributed by atoms with van der Waals surface area (Å²) in [6, 6.07) is 8.37. The van der Waals surface area contributed by atoms with Crippen LogP contribution in [0, 0.1) is 5.92 Å². The van der Waals surface area contributed by atoms with Crippen LogP contribution in [0.15, 0.2) is 24.3 Å². The second kappa shape index (κ2) is 9.16. The van der Waals surface area contributed by atoms with Gasteiger partial charge in [0.2, 0.25) is 0 Å². The number of rotatable bonds is 8. The second-order valence-electron chi connectivity index (χ2n) is 6.71. The average molecular weight is 305 g/mol. The zero-order valence-corrected chi connectivity index (χ0v) is 14.4. The summed E-state index contributed by atoms with van der Waals surface area (Å²) in [6.07, 6.45) is 2.66. The highest BCUT2D eigenvalue weighted by Crippen LogP contribution is 2.18. The molecule has 0 saturated carbocycles. The van der Waals surface area contributed by atoms with Crippen molar-refractivity contribution in [3.63, 3.8) is 0 Å². The number of piperidine rings is 1. The highest BCUT2D eigenvalue weighted by Gasteiger charge is 2.14. The van der Waals surface area contributed by atoms with Crippen LogP contribution in [0.1, 0.15) is 45.1 Å². The monoisotopic (exact) mass is 305 g/mol.